The van der Waals surface area contributed by atoms with Gasteiger partial charge in [-0.1, -0.05) is 22.0 Å². The first kappa shape index (κ1) is 14.6. The molecule has 1 aromatic rings. The van der Waals surface area contributed by atoms with E-state index >= 15 is 0 Å². The normalized spacial score (nSPS) is 14.2. The average Bonchev–Trinajstić information content (AvgIpc) is 3.22. The summed E-state index contributed by atoms with van der Waals surface area (Å²) < 4.78 is 0.947. The van der Waals surface area contributed by atoms with Crippen molar-refractivity contribution in [3.8, 4) is 6.07 Å². The summed E-state index contributed by atoms with van der Waals surface area (Å²) in [6.07, 6.45) is 5.46. The zero-order valence-electron chi connectivity index (χ0n) is 10.9. The van der Waals surface area contributed by atoms with Crippen LogP contribution in [0.1, 0.15) is 24.8 Å². The molecule has 0 heterocycles. The van der Waals surface area contributed by atoms with Crippen molar-refractivity contribution < 1.29 is 9.90 Å². The van der Waals surface area contributed by atoms with Gasteiger partial charge >= 0.3 is 5.97 Å². The minimum absolute atomic E-state index is 0.463. The van der Waals surface area contributed by atoms with Crippen molar-refractivity contribution in [3.63, 3.8) is 0 Å². The molecule has 0 atom stereocenters. The lowest BCUT2D eigenvalue weighted by Gasteiger charge is -2.25. The number of anilines is 1. The van der Waals surface area contributed by atoms with E-state index in [4.69, 9.17) is 10.4 Å². The summed E-state index contributed by atoms with van der Waals surface area (Å²) in [5.41, 5.74) is 1.84. The molecular weight excluding hydrogens is 320 g/mol. The molecule has 0 saturated heterocycles. The Morgan fingerprint density at radius 2 is 2.30 bits per heavy atom. The number of halogens is 1. The Kier molecular flexibility index (Phi) is 4.80. The number of rotatable bonds is 6. The third-order valence-corrected chi connectivity index (χ3v) is 3.65. The summed E-state index contributed by atoms with van der Waals surface area (Å²) >= 11 is 3.45. The van der Waals surface area contributed by atoms with Gasteiger partial charge < -0.3 is 10.0 Å². The molecule has 20 heavy (non-hydrogen) atoms. The van der Waals surface area contributed by atoms with Crippen LogP contribution in [0.25, 0.3) is 6.08 Å². The quantitative estimate of drug-likeness (QED) is 0.809. The highest BCUT2D eigenvalue weighted by molar-refractivity contribution is 9.10. The van der Waals surface area contributed by atoms with Gasteiger partial charge in [-0.15, -0.1) is 0 Å². The first-order chi connectivity index (χ1) is 9.61. The van der Waals surface area contributed by atoms with Crippen LogP contribution < -0.4 is 4.90 Å². The predicted octanol–water partition coefficient (Wildman–Crippen LogP) is 3.43. The lowest BCUT2D eigenvalue weighted by atomic mass is 10.1. The van der Waals surface area contributed by atoms with E-state index in [1.165, 1.54) is 0 Å². The van der Waals surface area contributed by atoms with Crippen molar-refractivity contribution in [2.24, 2.45) is 0 Å². The molecule has 0 radical (unpaired) electrons. The van der Waals surface area contributed by atoms with Crippen LogP contribution in [0.2, 0.25) is 0 Å². The lowest BCUT2D eigenvalue weighted by Crippen LogP contribution is -2.27. The molecule has 1 N–H and O–H groups in total. The van der Waals surface area contributed by atoms with Crippen molar-refractivity contribution in [1.82, 2.24) is 0 Å². The van der Waals surface area contributed by atoms with Crippen molar-refractivity contribution in [2.45, 2.75) is 25.3 Å². The van der Waals surface area contributed by atoms with Crippen molar-refractivity contribution in [2.75, 3.05) is 11.4 Å². The number of hydrogen-bond acceptors (Lipinski definition) is 3. The Hall–Kier alpha value is -1.80. The summed E-state index contributed by atoms with van der Waals surface area (Å²) in [5.74, 6) is -0.964. The van der Waals surface area contributed by atoms with Gasteiger partial charge in [0.25, 0.3) is 0 Å². The Balaban J connectivity index is 2.33. The molecule has 5 heteroatoms. The van der Waals surface area contributed by atoms with Crippen LogP contribution in [0.15, 0.2) is 28.7 Å². The van der Waals surface area contributed by atoms with Crippen LogP contribution in [-0.4, -0.2) is 23.7 Å². The second kappa shape index (κ2) is 6.58. The topological polar surface area (TPSA) is 64.3 Å². The van der Waals surface area contributed by atoms with Crippen LogP contribution in [-0.2, 0) is 4.79 Å². The maximum Gasteiger partial charge on any atom is 0.328 e. The Labute approximate surface area is 126 Å². The van der Waals surface area contributed by atoms with Gasteiger partial charge in [-0.3, -0.25) is 0 Å². The van der Waals surface area contributed by atoms with E-state index in [-0.39, 0.29) is 0 Å². The largest absolute Gasteiger partial charge is 0.478 e. The molecule has 1 aromatic carbocycles. The molecule has 0 amide bonds. The van der Waals surface area contributed by atoms with Crippen LogP contribution in [0.3, 0.4) is 0 Å². The molecule has 104 valence electrons. The first-order valence-electron chi connectivity index (χ1n) is 6.46. The van der Waals surface area contributed by atoms with Crippen molar-refractivity contribution in [1.29, 1.82) is 5.26 Å². The van der Waals surface area contributed by atoms with E-state index in [0.29, 0.717) is 19.0 Å². The molecule has 0 spiro atoms. The number of carboxylic acid groups (broad SMARTS) is 1. The lowest BCUT2D eigenvalue weighted by molar-refractivity contribution is -0.131. The number of nitriles is 1. The molecule has 0 bridgehead atoms. The molecule has 1 saturated carbocycles. The van der Waals surface area contributed by atoms with E-state index in [1.54, 1.807) is 6.08 Å². The smallest absolute Gasteiger partial charge is 0.328 e. The molecule has 0 unspecified atom stereocenters. The molecule has 4 nitrogen and oxygen atoms in total. The fraction of sp³-hybridized carbons (Fsp3) is 0.333. The minimum atomic E-state index is -0.964. The highest BCUT2D eigenvalue weighted by atomic mass is 79.9. The van der Waals surface area contributed by atoms with Crippen molar-refractivity contribution in [3.05, 3.63) is 34.3 Å². The molecule has 1 aliphatic rings. The van der Waals surface area contributed by atoms with Crippen LogP contribution in [0, 0.1) is 11.3 Å². The van der Waals surface area contributed by atoms with Crippen LogP contribution in [0.5, 0.6) is 0 Å². The average molecular weight is 335 g/mol. The second-order valence-corrected chi connectivity index (χ2v) is 5.62. The van der Waals surface area contributed by atoms with Gasteiger partial charge in [0, 0.05) is 28.8 Å². The summed E-state index contributed by atoms with van der Waals surface area (Å²) in [6, 6.07) is 8.40. The summed E-state index contributed by atoms with van der Waals surface area (Å²) in [5, 5.41) is 17.6. The van der Waals surface area contributed by atoms with E-state index in [2.05, 4.69) is 26.9 Å². The number of hydrogen-bond donors (Lipinski definition) is 1. The predicted molar refractivity (Wildman–Crippen MR) is 81.4 cm³/mol. The highest BCUT2D eigenvalue weighted by Crippen LogP contribution is 2.35. The van der Waals surface area contributed by atoms with Gasteiger partial charge in [-0.05, 0) is 36.6 Å². The number of carboxylic acids is 1. The SMILES string of the molecule is N#CCCN(c1cc(Br)ccc1C=CC(=O)O)C1CC1. The molecule has 1 aliphatic carbocycles. The van der Waals surface area contributed by atoms with Gasteiger partial charge in [0.15, 0.2) is 0 Å². The maximum atomic E-state index is 10.7. The Morgan fingerprint density at radius 1 is 1.55 bits per heavy atom. The second-order valence-electron chi connectivity index (χ2n) is 4.71. The molecule has 2 rings (SSSR count). The van der Waals surface area contributed by atoms with E-state index in [1.807, 2.05) is 18.2 Å². The maximum absolute atomic E-state index is 10.7. The van der Waals surface area contributed by atoms with Gasteiger partial charge in [0.2, 0.25) is 0 Å². The molecule has 0 aromatic heterocycles. The summed E-state index contributed by atoms with van der Waals surface area (Å²) in [6.45, 7) is 0.672. The van der Waals surface area contributed by atoms with Crippen molar-refractivity contribution >= 4 is 33.7 Å². The number of aliphatic carboxylic acids is 1. The monoisotopic (exact) mass is 334 g/mol. The number of carbonyl (C=O) groups is 1. The van der Waals surface area contributed by atoms with Gasteiger partial charge in [-0.2, -0.15) is 5.26 Å². The Bertz CT molecular complexity index is 574. The Morgan fingerprint density at radius 3 is 2.90 bits per heavy atom. The van der Waals surface area contributed by atoms with Gasteiger partial charge in [0.1, 0.15) is 0 Å². The first-order valence-corrected chi connectivity index (χ1v) is 7.25. The third-order valence-electron chi connectivity index (χ3n) is 3.16. The van der Waals surface area contributed by atoms with E-state index in [9.17, 15) is 4.79 Å². The molecular formula is C15H15BrN2O2. The standard InChI is InChI=1S/C15H15BrN2O2/c16-12-4-2-11(3-7-15(19)20)14(10-12)18(9-1-8-17)13-5-6-13/h2-4,7,10,13H,1,5-6,9H2,(H,19,20). The highest BCUT2D eigenvalue weighted by Gasteiger charge is 2.29. The number of benzene rings is 1. The molecule has 0 aliphatic heterocycles. The third kappa shape index (κ3) is 3.84. The zero-order valence-corrected chi connectivity index (χ0v) is 12.5. The fourth-order valence-corrected chi connectivity index (χ4v) is 2.47. The fourth-order valence-electron chi connectivity index (χ4n) is 2.12. The van der Waals surface area contributed by atoms with Gasteiger partial charge in [-0.25, -0.2) is 4.79 Å². The van der Waals surface area contributed by atoms with Crippen LogP contribution >= 0.6 is 15.9 Å². The van der Waals surface area contributed by atoms with Crippen LogP contribution in [0.4, 0.5) is 5.69 Å². The summed E-state index contributed by atoms with van der Waals surface area (Å²) in [7, 11) is 0. The minimum Gasteiger partial charge on any atom is -0.478 e. The van der Waals surface area contributed by atoms with E-state index in [0.717, 1.165) is 34.6 Å². The van der Waals surface area contributed by atoms with Gasteiger partial charge in [0.05, 0.1) is 12.5 Å². The number of nitrogens with zero attached hydrogens (tertiary/aromatic N) is 2. The molecule has 1 fully saturated rings. The summed E-state index contributed by atoms with van der Waals surface area (Å²) in [4.78, 5) is 12.9. The zero-order chi connectivity index (χ0) is 14.5. The van der Waals surface area contributed by atoms with E-state index < -0.39 is 5.97 Å².